The molecule has 45 valence electrons. The molecule has 0 saturated carbocycles. The van der Waals surface area contributed by atoms with Crippen molar-refractivity contribution in [3.8, 4) is 0 Å². The zero-order valence-corrected chi connectivity index (χ0v) is 4.68. The van der Waals surface area contributed by atoms with E-state index in [2.05, 4.69) is 0 Å². The molecule has 0 aliphatic carbocycles. The van der Waals surface area contributed by atoms with Crippen LogP contribution < -0.4 is 5.73 Å². The second kappa shape index (κ2) is 2.13. The molecule has 1 N–H and O–H groups in total. The summed E-state index contributed by atoms with van der Waals surface area (Å²) in [5, 5.41) is 0. The molecule has 8 heavy (non-hydrogen) atoms. The fourth-order valence-corrected chi connectivity index (χ4v) is 0.871. The van der Waals surface area contributed by atoms with Crippen LogP contribution in [0.25, 0.3) is 0 Å². The monoisotopic (exact) mass is 113 g/mol. The van der Waals surface area contributed by atoms with Gasteiger partial charge in [0.2, 0.25) is 5.91 Å². The minimum absolute atomic E-state index is 0.138. The topological polar surface area (TPSA) is 44.1 Å². The van der Waals surface area contributed by atoms with Crippen molar-refractivity contribution in [2.75, 3.05) is 13.2 Å². The van der Waals surface area contributed by atoms with Crippen LogP contribution in [0.3, 0.4) is 0 Å². The lowest BCUT2D eigenvalue weighted by atomic mass is 10.4. The number of nitrogens with one attached hydrogen (secondary N) is 1. The third kappa shape index (κ3) is 0.816. The Kier molecular flexibility index (Phi) is 1.48. The van der Waals surface area contributed by atoms with E-state index in [-0.39, 0.29) is 12.6 Å². The fourth-order valence-electron chi connectivity index (χ4n) is 0.871. The molecule has 1 heterocycles. The maximum absolute atomic E-state index is 10.6. The van der Waals surface area contributed by atoms with Gasteiger partial charge in [-0.05, 0) is 6.42 Å². The predicted molar refractivity (Wildman–Crippen MR) is 28.9 cm³/mol. The molecule has 1 amide bonds. The molecule has 0 aromatic carbocycles. The van der Waals surface area contributed by atoms with Gasteiger partial charge in [0.25, 0.3) is 0 Å². The van der Waals surface area contributed by atoms with Crippen molar-refractivity contribution in [2.24, 2.45) is 0 Å². The lowest BCUT2D eigenvalue weighted by Gasteiger charge is -2.09. The zero-order valence-electron chi connectivity index (χ0n) is 4.68. The van der Waals surface area contributed by atoms with E-state index in [4.69, 9.17) is 5.73 Å². The molecule has 0 aromatic heterocycles. The maximum atomic E-state index is 10.6. The average molecular weight is 113 g/mol. The summed E-state index contributed by atoms with van der Waals surface area (Å²) in [6.45, 7) is 0.932. The van der Waals surface area contributed by atoms with Crippen molar-refractivity contribution in [3.05, 3.63) is 0 Å². The van der Waals surface area contributed by atoms with Crippen molar-refractivity contribution in [2.45, 2.75) is 12.8 Å². The van der Waals surface area contributed by atoms with Crippen molar-refractivity contribution in [3.63, 3.8) is 0 Å². The van der Waals surface area contributed by atoms with Crippen molar-refractivity contribution in [1.29, 1.82) is 0 Å². The fraction of sp³-hybridized carbons (Fsp3) is 0.800. The van der Waals surface area contributed by atoms with E-state index in [1.807, 2.05) is 0 Å². The maximum Gasteiger partial charge on any atom is 0.223 e. The summed E-state index contributed by atoms with van der Waals surface area (Å²) in [6, 6.07) is 0. The van der Waals surface area contributed by atoms with Crippen LogP contribution in [0.4, 0.5) is 0 Å². The third-order valence-corrected chi connectivity index (χ3v) is 1.36. The van der Waals surface area contributed by atoms with E-state index in [0.717, 1.165) is 13.0 Å². The largest absolute Gasteiger partial charge is 0.329 e. The molecule has 0 unspecified atom stereocenters. The second-order valence-electron chi connectivity index (χ2n) is 1.92. The number of carbonyl (C=O) groups excluding carboxylic acids is 1. The van der Waals surface area contributed by atoms with Gasteiger partial charge in [0.05, 0.1) is 6.67 Å². The summed E-state index contributed by atoms with van der Waals surface area (Å²) in [4.78, 5) is 12.2. The van der Waals surface area contributed by atoms with Crippen LogP contribution in [0.15, 0.2) is 0 Å². The Hall–Kier alpha value is -0.570. The summed E-state index contributed by atoms with van der Waals surface area (Å²) in [5.41, 5.74) is 6.84. The van der Waals surface area contributed by atoms with Gasteiger partial charge in [0, 0.05) is 13.0 Å². The number of carbonyl (C=O) groups is 1. The Balaban J connectivity index is 2.42. The van der Waals surface area contributed by atoms with E-state index in [0.29, 0.717) is 6.42 Å². The molecule has 0 atom stereocenters. The molecular formula is C5H9N2O. The van der Waals surface area contributed by atoms with E-state index in [9.17, 15) is 4.79 Å². The van der Waals surface area contributed by atoms with Crippen molar-refractivity contribution < 1.29 is 4.79 Å². The first-order valence-corrected chi connectivity index (χ1v) is 2.77. The first-order chi connectivity index (χ1) is 3.84. The first-order valence-electron chi connectivity index (χ1n) is 2.77. The average Bonchev–Trinajstić information content (AvgIpc) is 2.14. The lowest BCUT2D eigenvalue weighted by Crippen LogP contribution is -2.25. The van der Waals surface area contributed by atoms with Crippen LogP contribution in [0.5, 0.6) is 0 Å². The minimum Gasteiger partial charge on any atom is -0.329 e. The summed E-state index contributed by atoms with van der Waals surface area (Å²) >= 11 is 0. The van der Waals surface area contributed by atoms with Crippen LogP contribution >= 0.6 is 0 Å². The molecule has 3 heteroatoms. The molecule has 0 aromatic rings. The lowest BCUT2D eigenvalue weighted by molar-refractivity contribution is -0.127. The molecule has 1 rings (SSSR count). The normalized spacial score (nSPS) is 20.1. The Morgan fingerprint density at radius 3 is 2.75 bits per heavy atom. The summed E-state index contributed by atoms with van der Waals surface area (Å²) < 4.78 is 0. The van der Waals surface area contributed by atoms with Gasteiger partial charge >= 0.3 is 0 Å². The number of nitrogens with zero attached hydrogens (tertiary/aromatic N) is 1. The van der Waals surface area contributed by atoms with E-state index < -0.39 is 0 Å². The Morgan fingerprint density at radius 2 is 2.50 bits per heavy atom. The highest BCUT2D eigenvalue weighted by Crippen LogP contribution is 2.06. The van der Waals surface area contributed by atoms with Crippen LogP contribution in [0.1, 0.15) is 12.8 Å². The van der Waals surface area contributed by atoms with Crippen LogP contribution in [0.2, 0.25) is 0 Å². The van der Waals surface area contributed by atoms with Gasteiger partial charge in [0.1, 0.15) is 0 Å². The van der Waals surface area contributed by atoms with Crippen LogP contribution in [-0.2, 0) is 4.79 Å². The summed E-state index contributed by atoms with van der Waals surface area (Å²) in [5.74, 6) is 0.139. The molecular weight excluding hydrogens is 104 g/mol. The van der Waals surface area contributed by atoms with Crippen LogP contribution in [-0.4, -0.2) is 24.0 Å². The third-order valence-electron chi connectivity index (χ3n) is 1.36. The van der Waals surface area contributed by atoms with Crippen molar-refractivity contribution in [1.82, 2.24) is 10.6 Å². The smallest absolute Gasteiger partial charge is 0.223 e. The first kappa shape index (κ1) is 5.56. The van der Waals surface area contributed by atoms with Crippen LogP contribution in [0, 0.1) is 0 Å². The van der Waals surface area contributed by atoms with Gasteiger partial charge in [0.15, 0.2) is 0 Å². The van der Waals surface area contributed by atoms with E-state index >= 15 is 0 Å². The summed E-state index contributed by atoms with van der Waals surface area (Å²) in [7, 11) is 0. The highest BCUT2D eigenvalue weighted by molar-refractivity contribution is 5.77. The molecule has 3 nitrogen and oxygen atoms in total. The van der Waals surface area contributed by atoms with Gasteiger partial charge in [-0.25, -0.2) is 5.73 Å². The Labute approximate surface area is 48.5 Å². The Morgan fingerprint density at radius 1 is 1.75 bits per heavy atom. The van der Waals surface area contributed by atoms with Gasteiger partial charge in [-0.3, -0.25) is 4.79 Å². The zero-order chi connectivity index (χ0) is 5.98. The predicted octanol–water partition coefficient (Wildman–Crippen LogP) is -0.151. The minimum atomic E-state index is 0.138. The molecule has 1 aliphatic heterocycles. The standard InChI is InChI=1S/C5H9N2O/c6-4-7-3-1-2-5(7)8/h6H,1-4H2. The van der Waals surface area contributed by atoms with E-state index in [1.165, 1.54) is 0 Å². The molecule has 0 spiro atoms. The Bertz CT molecular complexity index is 103. The number of amides is 1. The molecule has 1 aliphatic rings. The van der Waals surface area contributed by atoms with Gasteiger partial charge < -0.3 is 4.90 Å². The SMILES string of the molecule is [NH]CN1CCCC1=O. The number of hydrogen-bond donors (Lipinski definition) is 0. The van der Waals surface area contributed by atoms with Gasteiger partial charge in [-0.2, -0.15) is 0 Å². The second-order valence-corrected chi connectivity index (χ2v) is 1.92. The molecule has 0 bridgehead atoms. The number of hydrogen-bond acceptors (Lipinski definition) is 1. The quantitative estimate of drug-likeness (QED) is 0.466. The number of likely N-dealkylation sites (tertiary alicyclic amines) is 1. The molecule has 1 saturated heterocycles. The van der Waals surface area contributed by atoms with Gasteiger partial charge in [-0.1, -0.05) is 0 Å². The van der Waals surface area contributed by atoms with E-state index in [1.54, 1.807) is 4.90 Å². The van der Waals surface area contributed by atoms with Gasteiger partial charge in [-0.15, -0.1) is 0 Å². The number of rotatable bonds is 1. The summed E-state index contributed by atoms with van der Waals surface area (Å²) in [6.07, 6.45) is 1.59. The molecule has 1 radical (unpaired) electrons. The molecule has 1 fully saturated rings. The highest BCUT2D eigenvalue weighted by Gasteiger charge is 2.17. The highest BCUT2D eigenvalue weighted by atomic mass is 16.2. The van der Waals surface area contributed by atoms with Crippen molar-refractivity contribution >= 4 is 5.91 Å².